The first-order chi connectivity index (χ1) is 13.1. The Morgan fingerprint density at radius 3 is 3.04 bits per heavy atom. The highest BCUT2D eigenvalue weighted by Crippen LogP contribution is 2.48. The molecule has 0 amide bonds. The van der Waals surface area contributed by atoms with E-state index in [2.05, 4.69) is 16.2 Å². The van der Waals surface area contributed by atoms with E-state index in [0.717, 1.165) is 36.9 Å². The molecule has 2 unspecified atom stereocenters. The topological polar surface area (TPSA) is 125 Å². The molecule has 1 saturated carbocycles. The van der Waals surface area contributed by atoms with E-state index in [4.69, 9.17) is 25.2 Å². The van der Waals surface area contributed by atoms with Crippen LogP contribution in [0.4, 0.5) is 10.6 Å². The number of fused-ring (bicyclic) bond motifs is 1. The average molecular weight is 371 g/mol. The van der Waals surface area contributed by atoms with E-state index in [9.17, 15) is 4.79 Å². The summed E-state index contributed by atoms with van der Waals surface area (Å²) in [5, 5.41) is 13.0. The van der Waals surface area contributed by atoms with E-state index in [1.54, 1.807) is 4.52 Å². The molecule has 9 heteroatoms. The maximum Gasteiger partial charge on any atom is 0.508 e. The number of aromatic nitrogens is 3. The minimum Gasteiger partial charge on any atom is -0.434 e. The first-order valence-corrected chi connectivity index (χ1v) is 9.00. The van der Waals surface area contributed by atoms with Crippen molar-refractivity contribution in [2.75, 3.05) is 18.9 Å². The van der Waals surface area contributed by atoms with Crippen molar-refractivity contribution in [2.24, 2.45) is 5.41 Å². The Morgan fingerprint density at radius 1 is 1.41 bits per heavy atom. The Morgan fingerprint density at radius 2 is 2.26 bits per heavy atom. The molecule has 2 N–H and O–H groups in total. The number of anilines is 1. The molecular formula is C18H21N5O4. The summed E-state index contributed by atoms with van der Waals surface area (Å²) >= 11 is 0. The van der Waals surface area contributed by atoms with Crippen LogP contribution in [0.3, 0.4) is 0 Å². The molecule has 2 atom stereocenters. The number of nitrogens with zero attached hydrogens (tertiary/aromatic N) is 4. The van der Waals surface area contributed by atoms with Gasteiger partial charge in [-0.1, -0.05) is 0 Å². The highest BCUT2D eigenvalue weighted by Gasteiger charge is 2.44. The van der Waals surface area contributed by atoms with Gasteiger partial charge in [-0.2, -0.15) is 10.4 Å². The second-order valence-corrected chi connectivity index (χ2v) is 7.21. The van der Waals surface area contributed by atoms with Crippen LogP contribution in [-0.4, -0.2) is 40.1 Å². The van der Waals surface area contributed by atoms with Crippen molar-refractivity contribution in [1.29, 1.82) is 5.26 Å². The van der Waals surface area contributed by atoms with Crippen LogP contribution in [-0.2, 0) is 14.2 Å². The number of nitrogens with two attached hydrogens (primary N) is 1. The molecule has 27 heavy (non-hydrogen) atoms. The van der Waals surface area contributed by atoms with Crippen molar-refractivity contribution in [3.63, 3.8) is 0 Å². The molecule has 142 valence electrons. The molecule has 1 aliphatic heterocycles. The lowest BCUT2D eigenvalue weighted by molar-refractivity contribution is -0.0209. The standard InChI is InChI=1S/C18H21N5O4/c19-8-7-18(5-6-18)10-26-17(24)25-9-12-1-4-15(27-12)13-2-3-14-16(20)21-11-22-23(13)14/h2-3,11-12,15H,1,4-7,9-10H2,(H2,20,21,22). The van der Waals surface area contributed by atoms with E-state index >= 15 is 0 Å². The summed E-state index contributed by atoms with van der Waals surface area (Å²) in [6.45, 7) is 0.381. The summed E-state index contributed by atoms with van der Waals surface area (Å²) in [6, 6.07) is 5.92. The Labute approximate surface area is 156 Å². The lowest BCUT2D eigenvalue weighted by atomic mass is 10.1. The molecule has 4 rings (SSSR count). The fraction of sp³-hybridized carbons (Fsp3) is 0.556. The van der Waals surface area contributed by atoms with Crippen molar-refractivity contribution in [3.8, 4) is 6.07 Å². The van der Waals surface area contributed by atoms with Gasteiger partial charge in [0, 0.05) is 11.8 Å². The predicted molar refractivity (Wildman–Crippen MR) is 93.4 cm³/mol. The van der Waals surface area contributed by atoms with Crippen molar-refractivity contribution in [2.45, 2.75) is 44.3 Å². The number of ether oxygens (including phenoxy) is 3. The second-order valence-electron chi connectivity index (χ2n) is 7.21. The van der Waals surface area contributed by atoms with Crippen LogP contribution in [0.25, 0.3) is 5.52 Å². The Hall–Kier alpha value is -2.86. The van der Waals surface area contributed by atoms with Crippen LogP contribution < -0.4 is 5.73 Å². The van der Waals surface area contributed by atoms with E-state index in [-0.39, 0.29) is 30.8 Å². The van der Waals surface area contributed by atoms with Crippen molar-refractivity contribution in [3.05, 3.63) is 24.2 Å². The van der Waals surface area contributed by atoms with Crippen LogP contribution in [0, 0.1) is 16.7 Å². The number of carbonyl (C=O) groups is 1. The van der Waals surface area contributed by atoms with Gasteiger partial charge in [-0.3, -0.25) is 0 Å². The minimum atomic E-state index is -0.708. The summed E-state index contributed by atoms with van der Waals surface area (Å²) in [4.78, 5) is 15.8. The van der Waals surface area contributed by atoms with E-state index in [1.807, 2.05) is 12.1 Å². The summed E-state index contributed by atoms with van der Waals surface area (Å²) in [5.74, 6) is 0.418. The van der Waals surface area contributed by atoms with Crippen LogP contribution in [0.2, 0.25) is 0 Å². The van der Waals surface area contributed by atoms with Crippen LogP contribution in [0.5, 0.6) is 0 Å². The average Bonchev–Trinajstić information content (AvgIpc) is 3.07. The molecule has 1 aliphatic carbocycles. The normalized spacial score (nSPS) is 23.1. The highest BCUT2D eigenvalue weighted by molar-refractivity contribution is 5.65. The zero-order chi connectivity index (χ0) is 18.9. The Bertz CT molecular complexity index is 885. The highest BCUT2D eigenvalue weighted by atomic mass is 16.7. The number of rotatable bonds is 6. The lowest BCUT2D eigenvalue weighted by Crippen LogP contribution is -2.21. The van der Waals surface area contributed by atoms with Gasteiger partial charge in [0.2, 0.25) is 0 Å². The molecule has 2 aromatic heterocycles. The molecule has 1 saturated heterocycles. The first-order valence-electron chi connectivity index (χ1n) is 9.00. The van der Waals surface area contributed by atoms with Crippen LogP contribution >= 0.6 is 0 Å². The van der Waals surface area contributed by atoms with E-state index in [1.165, 1.54) is 6.33 Å². The van der Waals surface area contributed by atoms with Gasteiger partial charge < -0.3 is 19.9 Å². The summed E-state index contributed by atoms with van der Waals surface area (Å²) in [7, 11) is 0. The van der Waals surface area contributed by atoms with Crippen molar-refractivity contribution < 1.29 is 19.0 Å². The third-order valence-electron chi connectivity index (χ3n) is 5.24. The lowest BCUT2D eigenvalue weighted by Gasteiger charge is -2.15. The van der Waals surface area contributed by atoms with Gasteiger partial charge >= 0.3 is 6.16 Å². The van der Waals surface area contributed by atoms with E-state index < -0.39 is 6.16 Å². The number of nitrogen functional groups attached to an aromatic ring is 1. The summed E-state index contributed by atoms with van der Waals surface area (Å²) < 4.78 is 18.1. The Balaban J connectivity index is 1.27. The monoisotopic (exact) mass is 371 g/mol. The molecule has 3 heterocycles. The molecular weight excluding hydrogens is 350 g/mol. The Kier molecular flexibility index (Phi) is 4.58. The number of hydrogen-bond acceptors (Lipinski definition) is 8. The predicted octanol–water partition coefficient (Wildman–Crippen LogP) is 2.38. The number of nitriles is 1. The maximum absolute atomic E-state index is 11.8. The van der Waals surface area contributed by atoms with E-state index in [0.29, 0.717) is 12.2 Å². The largest absolute Gasteiger partial charge is 0.508 e. The third-order valence-corrected chi connectivity index (χ3v) is 5.24. The quantitative estimate of drug-likeness (QED) is 0.767. The van der Waals surface area contributed by atoms with Gasteiger partial charge in [-0.05, 0) is 37.8 Å². The molecule has 0 bridgehead atoms. The van der Waals surface area contributed by atoms with Gasteiger partial charge in [0.25, 0.3) is 0 Å². The zero-order valence-corrected chi connectivity index (χ0v) is 14.8. The zero-order valence-electron chi connectivity index (χ0n) is 14.8. The van der Waals surface area contributed by atoms with Gasteiger partial charge in [-0.15, -0.1) is 0 Å². The van der Waals surface area contributed by atoms with Gasteiger partial charge in [0.15, 0.2) is 5.82 Å². The van der Waals surface area contributed by atoms with Gasteiger partial charge in [-0.25, -0.2) is 14.3 Å². The molecule has 2 aliphatic rings. The van der Waals surface area contributed by atoms with Crippen LogP contribution in [0.15, 0.2) is 18.5 Å². The van der Waals surface area contributed by atoms with Crippen molar-refractivity contribution in [1.82, 2.24) is 14.6 Å². The summed E-state index contributed by atoms with van der Waals surface area (Å²) in [5.41, 5.74) is 7.35. The third kappa shape index (κ3) is 3.66. The molecule has 2 aromatic rings. The maximum atomic E-state index is 11.8. The molecule has 2 fully saturated rings. The minimum absolute atomic E-state index is 0.140. The van der Waals surface area contributed by atoms with Crippen LogP contribution in [0.1, 0.15) is 43.9 Å². The molecule has 0 spiro atoms. The molecule has 9 nitrogen and oxygen atoms in total. The second kappa shape index (κ2) is 7.04. The summed E-state index contributed by atoms with van der Waals surface area (Å²) in [6.07, 6.45) is 4.18. The SMILES string of the molecule is N#CCC1(COC(=O)OCC2CCC(c3ccc4c(N)ncnn34)O2)CC1. The van der Waals surface area contributed by atoms with Gasteiger partial charge in [0.05, 0.1) is 17.9 Å². The number of carbonyl (C=O) groups excluding carboxylic acids is 1. The molecule has 0 aromatic carbocycles. The fourth-order valence-corrected chi connectivity index (χ4v) is 3.39. The number of hydrogen-bond donors (Lipinski definition) is 1. The molecule has 0 radical (unpaired) electrons. The first kappa shape index (κ1) is 17.5. The van der Waals surface area contributed by atoms with Gasteiger partial charge in [0.1, 0.15) is 31.2 Å². The smallest absolute Gasteiger partial charge is 0.434 e. The fourth-order valence-electron chi connectivity index (χ4n) is 3.39. The van der Waals surface area contributed by atoms with Crippen molar-refractivity contribution >= 4 is 17.5 Å².